The average molecular weight is 417 g/mol. The zero-order chi connectivity index (χ0) is 18.0. The molecule has 0 bridgehead atoms. The average Bonchev–Trinajstić information content (AvgIpc) is 2.85. The minimum Gasteiger partial charge on any atom is -0.303 e. The molecule has 4 nitrogen and oxygen atoms in total. The first-order valence-corrected chi connectivity index (χ1v) is 9.28. The Kier molecular flexibility index (Phi) is 5.51. The zero-order valence-corrected chi connectivity index (χ0v) is 17.0. The molecule has 3 aromatic rings. The van der Waals surface area contributed by atoms with Crippen LogP contribution in [0.5, 0.6) is 0 Å². The summed E-state index contributed by atoms with van der Waals surface area (Å²) in [5.41, 5.74) is 3.66. The number of hydrogen-bond donors (Lipinski definition) is 0. The molecular weight excluding hydrogens is 396 g/mol. The van der Waals surface area contributed by atoms with E-state index in [2.05, 4.69) is 65.1 Å². The fraction of sp³-hybridized carbons (Fsp3) is 0.263. The molecule has 1 aromatic heterocycles. The number of aromatic nitrogens is 3. The number of halogens is 1. The molecule has 0 unspecified atom stereocenters. The summed E-state index contributed by atoms with van der Waals surface area (Å²) in [6.07, 6.45) is 0. The Hall–Kier alpha value is -1.76. The SMILES string of the molecule is Cc1ccccc1CN(C)Cn1nc(-c2cccc(Br)c2)n(C)c1=S. The van der Waals surface area contributed by atoms with E-state index in [1.165, 1.54) is 11.1 Å². The summed E-state index contributed by atoms with van der Waals surface area (Å²) < 4.78 is 5.58. The second kappa shape index (κ2) is 7.64. The van der Waals surface area contributed by atoms with Crippen molar-refractivity contribution >= 4 is 28.1 Å². The molecule has 0 spiro atoms. The molecule has 3 rings (SSSR count). The molecule has 130 valence electrons. The van der Waals surface area contributed by atoms with Gasteiger partial charge in [-0.25, -0.2) is 4.68 Å². The molecule has 0 N–H and O–H groups in total. The fourth-order valence-electron chi connectivity index (χ4n) is 2.82. The molecular formula is C19H21BrN4S. The van der Waals surface area contributed by atoms with Gasteiger partial charge in [0.05, 0.1) is 6.67 Å². The van der Waals surface area contributed by atoms with Gasteiger partial charge in [0.25, 0.3) is 0 Å². The van der Waals surface area contributed by atoms with Gasteiger partial charge in [-0.3, -0.25) is 4.90 Å². The van der Waals surface area contributed by atoms with E-state index in [1.54, 1.807) is 0 Å². The summed E-state index contributed by atoms with van der Waals surface area (Å²) in [5.74, 6) is 0.871. The highest BCUT2D eigenvalue weighted by molar-refractivity contribution is 9.10. The van der Waals surface area contributed by atoms with Gasteiger partial charge in [-0.1, -0.05) is 52.3 Å². The van der Waals surface area contributed by atoms with Crippen LogP contribution in [0.25, 0.3) is 11.4 Å². The maximum absolute atomic E-state index is 5.58. The van der Waals surface area contributed by atoms with E-state index in [1.807, 2.05) is 34.5 Å². The van der Waals surface area contributed by atoms with Gasteiger partial charge in [0.15, 0.2) is 10.6 Å². The monoisotopic (exact) mass is 416 g/mol. The lowest BCUT2D eigenvalue weighted by atomic mass is 10.1. The molecule has 25 heavy (non-hydrogen) atoms. The number of benzene rings is 2. The third-order valence-electron chi connectivity index (χ3n) is 4.20. The predicted octanol–water partition coefficient (Wildman–Crippen LogP) is 4.78. The fourth-order valence-corrected chi connectivity index (χ4v) is 3.40. The van der Waals surface area contributed by atoms with E-state index in [9.17, 15) is 0 Å². The van der Waals surface area contributed by atoms with Gasteiger partial charge in [-0.05, 0) is 49.4 Å². The van der Waals surface area contributed by atoms with Crippen LogP contribution in [0.15, 0.2) is 53.0 Å². The first-order valence-electron chi connectivity index (χ1n) is 8.08. The molecule has 0 atom stereocenters. The lowest BCUT2D eigenvalue weighted by molar-refractivity contribution is 0.243. The van der Waals surface area contributed by atoms with Crippen LogP contribution in [-0.2, 0) is 20.3 Å². The first kappa shape index (κ1) is 18.0. The number of nitrogens with zero attached hydrogens (tertiary/aromatic N) is 4. The van der Waals surface area contributed by atoms with E-state index in [0.29, 0.717) is 11.4 Å². The topological polar surface area (TPSA) is 26.0 Å². The maximum Gasteiger partial charge on any atom is 0.199 e. The van der Waals surface area contributed by atoms with Crippen LogP contribution in [0.3, 0.4) is 0 Å². The standard InChI is InChI=1S/C19H21BrN4S/c1-14-7-4-5-8-16(14)12-22(2)13-24-19(25)23(3)18(21-24)15-9-6-10-17(20)11-15/h4-11H,12-13H2,1-3H3. The summed E-state index contributed by atoms with van der Waals surface area (Å²) >= 11 is 9.10. The second-order valence-electron chi connectivity index (χ2n) is 6.26. The largest absolute Gasteiger partial charge is 0.303 e. The van der Waals surface area contributed by atoms with Gasteiger partial charge in [-0.2, -0.15) is 5.10 Å². The van der Waals surface area contributed by atoms with Crippen LogP contribution >= 0.6 is 28.1 Å². The molecule has 0 aliphatic heterocycles. The van der Waals surface area contributed by atoms with Crippen molar-refractivity contribution in [2.75, 3.05) is 7.05 Å². The van der Waals surface area contributed by atoms with Crippen LogP contribution < -0.4 is 0 Å². The summed E-state index contributed by atoms with van der Waals surface area (Å²) in [6.45, 7) is 3.65. The summed E-state index contributed by atoms with van der Waals surface area (Å²) in [7, 11) is 4.05. The van der Waals surface area contributed by atoms with Crippen molar-refractivity contribution in [2.45, 2.75) is 20.1 Å². The third-order valence-corrected chi connectivity index (χ3v) is 5.18. The van der Waals surface area contributed by atoms with Crippen LogP contribution in [0.2, 0.25) is 0 Å². The highest BCUT2D eigenvalue weighted by atomic mass is 79.9. The highest BCUT2D eigenvalue weighted by Gasteiger charge is 2.12. The highest BCUT2D eigenvalue weighted by Crippen LogP contribution is 2.21. The van der Waals surface area contributed by atoms with Crippen molar-refractivity contribution in [2.24, 2.45) is 7.05 Å². The van der Waals surface area contributed by atoms with Crippen molar-refractivity contribution in [3.63, 3.8) is 0 Å². The summed E-state index contributed by atoms with van der Waals surface area (Å²) in [6, 6.07) is 16.6. The minimum absolute atomic E-state index is 0.648. The van der Waals surface area contributed by atoms with Gasteiger partial charge >= 0.3 is 0 Å². The smallest absolute Gasteiger partial charge is 0.199 e. The van der Waals surface area contributed by atoms with Crippen LogP contribution in [0.4, 0.5) is 0 Å². The number of rotatable bonds is 5. The first-order chi connectivity index (χ1) is 12.0. The van der Waals surface area contributed by atoms with Crippen molar-refractivity contribution in [3.05, 3.63) is 68.9 Å². The molecule has 0 saturated carbocycles. The Morgan fingerprint density at radius 2 is 1.92 bits per heavy atom. The second-order valence-corrected chi connectivity index (χ2v) is 7.54. The van der Waals surface area contributed by atoms with Crippen molar-refractivity contribution in [1.29, 1.82) is 0 Å². The molecule has 1 heterocycles. The molecule has 0 aliphatic rings. The lowest BCUT2D eigenvalue weighted by Gasteiger charge is -2.17. The van der Waals surface area contributed by atoms with Gasteiger partial charge < -0.3 is 4.57 Å². The normalized spacial score (nSPS) is 11.2. The molecule has 0 amide bonds. The Morgan fingerprint density at radius 3 is 2.64 bits per heavy atom. The third kappa shape index (κ3) is 4.08. The van der Waals surface area contributed by atoms with Crippen LogP contribution in [-0.4, -0.2) is 26.3 Å². The Morgan fingerprint density at radius 1 is 1.16 bits per heavy atom. The predicted molar refractivity (Wildman–Crippen MR) is 108 cm³/mol. The van der Waals surface area contributed by atoms with E-state index in [0.717, 1.165) is 22.4 Å². The Bertz CT molecular complexity index is 945. The molecule has 2 aromatic carbocycles. The molecule has 0 fully saturated rings. The van der Waals surface area contributed by atoms with Crippen molar-refractivity contribution in [1.82, 2.24) is 19.2 Å². The van der Waals surface area contributed by atoms with Gasteiger partial charge in [-0.15, -0.1) is 0 Å². The minimum atomic E-state index is 0.648. The molecule has 0 radical (unpaired) electrons. The number of aryl methyl sites for hydroxylation is 1. The lowest BCUT2D eigenvalue weighted by Crippen LogP contribution is -2.23. The molecule has 0 saturated heterocycles. The Balaban J connectivity index is 1.83. The molecule has 6 heteroatoms. The summed E-state index contributed by atoms with van der Waals surface area (Å²) in [5, 5.41) is 4.74. The van der Waals surface area contributed by atoms with Crippen molar-refractivity contribution < 1.29 is 0 Å². The van der Waals surface area contributed by atoms with E-state index in [-0.39, 0.29) is 0 Å². The Labute approximate surface area is 161 Å². The van der Waals surface area contributed by atoms with Crippen LogP contribution in [0, 0.1) is 11.7 Å². The van der Waals surface area contributed by atoms with Gasteiger partial charge in [0.2, 0.25) is 0 Å². The summed E-state index contributed by atoms with van der Waals surface area (Å²) in [4.78, 5) is 2.22. The quantitative estimate of drug-likeness (QED) is 0.559. The van der Waals surface area contributed by atoms with E-state index in [4.69, 9.17) is 17.3 Å². The van der Waals surface area contributed by atoms with Gasteiger partial charge in [0.1, 0.15) is 0 Å². The van der Waals surface area contributed by atoms with Crippen LogP contribution in [0.1, 0.15) is 11.1 Å². The van der Waals surface area contributed by atoms with Gasteiger partial charge in [0, 0.05) is 23.6 Å². The number of hydrogen-bond acceptors (Lipinski definition) is 3. The van der Waals surface area contributed by atoms with Crippen molar-refractivity contribution in [3.8, 4) is 11.4 Å². The zero-order valence-electron chi connectivity index (χ0n) is 14.6. The maximum atomic E-state index is 5.58. The van der Waals surface area contributed by atoms with E-state index < -0.39 is 0 Å². The van der Waals surface area contributed by atoms with E-state index >= 15 is 0 Å². The molecule has 0 aliphatic carbocycles.